The summed E-state index contributed by atoms with van der Waals surface area (Å²) in [5.41, 5.74) is 2.08. The van der Waals surface area contributed by atoms with E-state index in [0.29, 0.717) is 22.3 Å². The molecule has 21 heavy (non-hydrogen) atoms. The number of alkyl halides is 1. The molecule has 1 atom stereocenters. The zero-order chi connectivity index (χ0) is 15.0. The molecule has 0 N–H and O–H groups in total. The predicted octanol–water partition coefficient (Wildman–Crippen LogP) is 5.68. The Bertz CT molecular complexity index is 852. The van der Waals surface area contributed by atoms with Crippen LogP contribution < -0.4 is 5.43 Å². The van der Waals surface area contributed by atoms with E-state index in [1.54, 1.807) is 6.07 Å². The van der Waals surface area contributed by atoms with Gasteiger partial charge in [0.05, 0.1) is 15.8 Å². The number of hydrogen-bond donors (Lipinski definition) is 0. The Labute approximate surface area is 139 Å². The molecule has 0 aliphatic heterocycles. The first-order valence-corrected chi connectivity index (χ1v) is 8.24. The molecule has 3 aromatic rings. The third-order valence-electron chi connectivity index (χ3n) is 3.30. The molecule has 0 aliphatic rings. The molecule has 106 valence electrons. The van der Waals surface area contributed by atoms with E-state index in [1.165, 1.54) is 0 Å². The van der Waals surface area contributed by atoms with Gasteiger partial charge < -0.3 is 4.42 Å². The van der Waals surface area contributed by atoms with Crippen molar-refractivity contribution in [2.75, 3.05) is 0 Å². The molecule has 0 saturated carbocycles. The minimum atomic E-state index is -0.0477. The summed E-state index contributed by atoms with van der Waals surface area (Å²) < 4.78 is 6.84. The number of halogens is 2. The van der Waals surface area contributed by atoms with Crippen molar-refractivity contribution in [2.45, 2.75) is 11.8 Å². The summed E-state index contributed by atoms with van der Waals surface area (Å²) in [6.07, 6.45) is 0. The fourth-order valence-electron chi connectivity index (χ4n) is 2.34. The van der Waals surface area contributed by atoms with E-state index in [1.807, 2.05) is 49.4 Å². The van der Waals surface area contributed by atoms with Crippen molar-refractivity contribution in [1.29, 1.82) is 0 Å². The second-order valence-corrected chi connectivity index (χ2v) is 7.08. The fraction of sp³-hybridized carbons (Fsp3) is 0.118. The first-order chi connectivity index (χ1) is 10.1. The highest BCUT2D eigenvalue weighted by Gasteiger charge is 2.19. The Morgan fingerprint density at radius 1 is 1.10 bits per heavy atom. The molecule has 4 heteroatoms. The summed E-state index contributed by atoms with van der Waals surface area (Å²) >= 11 is 6.93. The van der Waals surface area contributed by atoms with E-state index >= 15 is 0 Å². The van der Waals surface area contributed by atoms with Crippen LogP contribution in [0.15, 0.2) is 62.2 Å². The van der Waals surface area contributed by atoms with Gasteiger partial charge in [-0.2, -0.15) is 0 Å². The van der Waals surface area contributed by atoms with Crippen LogP contribution in [-0.2, 0) is 0 Å². The maximum atomic E-state index is 12.9. The van der Waals surface area contributed by atoms with Gasteiger partial charge in [-0.05, 0) is 30.7 Å². The Morgan fingerprint density at radius 3 is 2.48 bits per heavy atom. The van der Waals surface area contributed by atoms with Crippen LogP contribution in [0.1, 0.15) is 17.5 Å². The lowest BCUT2D eigenvalue weighted by Gasteiger charge is -2.12. The third kappa shape index (κ3) is 2.70. The van der Waals surface area contributed by atoms with E-state index in [-0.39, 0.29) is 10.3 Å². The summed E-state index contributed by atoms with van der Waals surface area (Å²) in [5, 5.41) is 0.583. The van der Waals surface area contributed by atoms with Crippen molar-refractivity contribution >= 4 is 42.8 Å². The molecule has 1 aromatic heterocycles. The molecule has 0 aliphatic carbocycles. The second-order valence-electron chi connectivity index (χ2n) is 4.79. The SMILES string of the molecule is CC(Br)c1oc2ccc(Br)cc2c(=O)c1-c1ccccc1. The van der Waals surface area contributed by atoms with Crippen molar-refractivity contribution in [3.05, 3.63) is 69.0 Å². The van der Waals surface area contributed by atoms with Crippen LogP contribution >= 0.6 is 31.9 Å². The van der Waals surface area contributed by atoms with Crippen molar-refractivity contribution in [3.63, 3.8) is 0 Å². The van der Waals surface area contributed by atoms with Gasteiger partial charge in [0.25, 0.3) is 0 Å². The molecule has 1 heterocycles. The monoisotopic (exact) mass is 406 g/mol. The molecule has 0 spiro atoms. The fourth-order valence-corrected chi connectivity index (χ4v) is 3.03. The quantitative estimate of drug-likeness (QED) is 0.511. The molecule has 0 amide bonds. The lowest BCUT2D eigenvalue weighted by Crippen LogP contribution is -2.09. The third-order valence-corrected chi connectivity index (χ3v) is 4.21. The maximum Gasteiger partial charge on any atom is 0.200 e. The number of benzene rings is 2. The lowest BCUT2D eigenvalue weighted by atomic mass is 10.0. The van der Waals surface area contributed by atoms with E-state index in [4.69, 9.17) is 4.42 Å². The van der Waals surface area contributed by atoms with E-state index in [0.717, 1.165) is 10.0 Å². The maximum absolute atomic E-state index is 12.9. The molecule has 2 aromatic carbocycles. The topological polar surface area (TPSA) is 30.2 Å². The molecular weight excluding hydrogens is 396 g/mol. The van der Waals surface area contributed by atoms with Crippen LogP contribution in [0.4, 0.5) is 0 Å². The largest absolute Gasteiger partial charge is 0.459 e. The molecule has 0 radical (unpaired) electrons. The Balaban J connectivity index is 2.43. The molecule has 0 fully saturated rings. The zero-order valence-electron chi connectivity index (χ0n) is 11.3. The molecule has 3 rings (SSSR count). The highest BCUT2D eigenvalue weighted by atomic mass is 79.9. The normalized spacial score (nSPS) is 12.5. The van der Waals surface area contributed by atoms with Crippen molar-refractivity contribution in [2.24, 2.45) is 0 Å². The molecule has 0 bridgehead atoms. The van der Waals surface area contributed by atoms with Crippen LogP contribution in [0.2, 0.25) is 0 Å². The Hall–Kier alpha value is -1.39. The molecule has 2 nitrogen and oxygen atoms in total. The van der Waals surface area contributed by atoms with Crippen LogP contribution in [0.5, 0.6) is 0 Å². The predicted molar refractivity (Wildman–Crippen MR) is 93.0 cm³/mol. The Morgan fingerprint density at radius 2 is 1.81 bits per heavy atom. The van der Waals surface area contributed by atoms with Gasteiger partial charge in [0.2, 0.25) is 5.43 Å². The van der Waals surface area contributed by atoms with Gasteiger partial charge in [0, 0.05) is 4.47 Å². The zero-order valence-corrected chi connectivity index (χ0v) is 14.4. The van der Waals surface area contributed by atoms with Gasteiger partial charge in [-0.25, -0.2) is 0 Å². The smallest absolute Gasteiger partial charge is 0.200 e. The van der Waals surface area contributed by atoms with Crippen LogP contribution in [0.25, 0.3) is 22.1 Å². The van der Waals surface area contributed by atoms with E-state index < -0.39 is 0 Å². The van der Waals surface area contributed by atoms with Crippen molar-refractivity contribution in [3.8, 4) is 11.1 Å². The molecular formula is C17H12Br2O2. The van der Waals surface area contributed by atoms with Crippen molar-refractivity contribution < 1.29 is 4.42 Å². The first kappa shape index (κ1) is 14.5. The van der Waals surface area contributed by atoms with E-state index in [2.05, 4.69) is 31.9 Å². The number of hydrogen-bond acceptors (Lipinski definition) is 2. The first-order valence-electron chi connectivity index (χ1n) is 6.53. The highest BCUT2D eigenvalue weighted by Crippen LogP contribution is 2.33. The van der Waals surface area contributed by atoms with Crippen LogP contribution in [-0.4, -0.2) is 0 Å². The van der Waals surface area contributed by atoms with Gasteiger partial charge in [0.15, 0.2) is 0 Å². The van der Waals surface area contributed by atoms with Gasteiger partial charge in [-0.3, -0.25) is 4.79 Å². The minimum Gasteiger partial charge on any atom is -0.459 e. The van der Waals surface area contributed by atoms with Crippen LogP contribution in [0.3, 0.4) is 0 Å². The number of fused-ring (bicyclic) bond motifs is 1. The summed E-state index contributed by atoms with van der Waals surface area (Å²) in [7, 11) is 0. The second kappa shape index (κ2) is 5.78. The van der Waals surface area contributed by atoms with Gasteiger partial charge in [0.1, 0.15) is 11.3 Å². The molecule has 1 unspecified atom stereocenters. The average Bonchev–Trinajstić information content (AvgIpc) is 2.48. The average molecular weight is 408 g/mol. The van der Waals surface area contributed by atoms with E-state index in [9.17, 15) is 4.79 Å². The lowest BCUT2D eigenvalue weighted by molar-refractivity contribution is 0.544. The van der Waals surface area contributed by atoms with Gasteiger partial charge >= 0.3 is 0 Å². The summed E-state index contributed by atoms with van der Waals surface area (Å²) in [6.45, 7) is 1.95. The summed E-state index contributed by atoms with van der Waals surface area (Å²) in [4.78, 5) is 12.9. The Kier molecular flexibility index (Phi) is 4.00. The minimum absolute atomic E-state index is 0.00921. The summed E-state index contributed by atoms with van der Waals surface area (Å²) in [5.74, 6) is 0.654. The van der Waals surface area contributed by atoms with Crippen molar-refractivity contribution in [1.82, 2.24) is 0 Å². The van der Waals surface area contributed by atoms with Gasteiger partial charge in [-0.15, -0.1) is 0 Å². The number of rotatable bonds is 2. The highest BCUT2D eigenvalue weighted by molar-refractivity contribution is 9.10. The van der Waals surface area contributed by atoms with Crippen LogP contribution in [0, 0.1) is 0 Å². The summed E-state index contributed by atoms with van der Waals surface area (Å²) in [6, 6.07) is 15.1. The van der Waals surface area contributed by atoms with Gasteiger partial charge in [-0.1, -0.05) is 62.2 Å². The molecule has 0 saturated heterocycles. The standard InChI is InChI=1S/C17H12Br2O2/c1-10(18)17-15(11-5-3-2-4-6-11)16(20)13-9-12(19)7-8-14(13)21-17/h2-10H,1H3.